The van der Waals surface area contributed by atoms with Crippen LogP contribution in [0, 0.1) is 5.41 Å². The standard InChI is InChI=1S/C15H27NO2S/c1-13(2)5-8-15(12-17)7-4-9-16(11-15)14(18)6-10-19-3/h5,17H,4,6-12H2,1-3H3. The van der Waals surface area contributed by atoms with Gasteiger partial charge in [-0.15, -0.1) is 0 Å². The van der Waals surface area contributed by atoms with Gasteiger partial charge in [-0.1, -0.05) is 11.6 Å². The van der Waals surface area contributed by atoms with Crippen LogP contribution in [0.3, 0.4) is 0 Å². The number of carbonyl (C=O) groups is 1. The van der Waals surface area contributed by atoms with E-state index in [-0.39, 0.29) is 17.9 Å². The van der Waals surface area contributed by atoms with Crippen LogP contribution in [0.25, 0.3) is 0 Å². The molecule has 1 fully saturated rings. The predicted octanol–water partition coefficient (Wildman–Crippen LogP) is 2.70. The molecule has 0 bridgehead atoms. The highest BCUT2D eigenvalue weighted by Crippen LogP contribution is 2.34. The van der Waals surface area contributed by atoms with E-state index in [1.165, 1.54) is 5.57 Å². The second kappa shape index (κ2) is 7.95. The Kier molecular flexibility index (Phi) is 6.94. The van der Waals surface area contributed by atoms with Crippen LogP contribution < -0.4 is 0 Å². The first-order valence-corrected chi connectivity index (χ1v) is 8.43. The van der Waals surface area contributed by atoms with E-state index < -0.39 is 0 Å². The number of carbonyl (C=O) groups excluding carboxylic acids is 1. The van der Waals surface area contributed by atoms with Crippen molar-refractivity contribution >= 4 is 17.7 Å². The Hall–Kier alpha value is -0.480. The number of rotatable bonds is 6. The van der Waals surface area contributed by atoms with Crippen LogP contribution in [0.2, 0.25) is 0 Å². The number of likely N-dealkylation sites (tertiary alicyclic amines) is 1. The molecule has 1 unspecified atom stereocenters. The number of aliphatic hydroxyl groups excluding tert-OH is 1. The van der Waals surface area contributed by atoms with Crippen molar-refractivity contribution in [2.24, 2.45) is 5.41 Å². The molecule has 1 saturated heterocycles. The Morgan fingerprint density at radius 1 is 1.47 bits per heavy atom. The van der Waals surface area contributed by atoms with Crippen molar-refractivity contribution in [3.05, 3.63) is 11.6 Å². The van der Waals surface area contributed by atoms with Gasteiger partial charge in [-0.3, -0.25) is 4.79 Å². The quantitative estimate of drug-likeness (QED) is 0.763. The van der Waals surface area contributed by atoms with Gasteiger partial charge in [0.2, 0.25) is 5.91 Å². The summed E-state index contributed by atoms with van der Waals surface area (Å²) in [5.41, 5.74) is 1.16. The van der Waals surface area contributed by atoms with E-state index in [9.17, 15) is 9.90 Å². The Morgan fingerprint density at radius 3 is 2.79 bits per heavy atom. The highest BCUT2D eigenvalue weighted by molar-refractivity contribution is 7.98. The molecule has 0 saturated carbocycles. The summed E-state index contributed by atoms with van der Waals surface area (Å²) in [6, 6.07) is 0. The van der Waals surface area contributed by atoms with Gasteiger partial charge in [-0.2, -0.15) is 11.8 Å². The lowest BCUT2D eigenvalue weighted by Gasteiger charge is -2.41. The second-order valence-electron chi connectivity index (χ2n) is 5.81. The van der Waals surface area contributed by atoms with E-state index in [2.05, 4.69) is 19.9 Å². The van der Waals surface area contributed by atoms with E-state index in [4.69, 9.17) is 0 Å². The van der Waals surface area contributed by atoms with Gasteiger partial charge in [0.15, 0.2) is 0 Å². The Morgan fingerprint density at radius 2 is 2.21 bits per heavy atom. The lowest BCUT2D eigenvalue weighted by Crippen LogP contribution is -2.47. The zero-order chi connectivity index (χ0) is 14.3. The van der Waals surface area contributed by atoms with E-state index in [1.807, 2.05) is 11.2 Å². The number of amides is 1. The predicted molar refractivity (Wildman–Crippen MR) is 82.4 cm³/mol. The molecule has 0 radical (unpaired) electrons. The van der Waals surface area contributed by atoms with Crippen LogP contribution in [0.15, 0.2) is 11.6 Å². The van der Waals surface area contributed by atoms with Gasteiger partial charge >= 0.3 is 0 Å². The third kappa shape index (κ3) is 5.19. The average Bonchev–Trinajstić information content (AvgIpc) is 2.42. The molecular formula is C15H27NO2S. The molecular weight excluding hydrogens is 258 g/mol. The lowest BCUT2D eigenvalue weighted by molar-refractivity contribution is -0.135. The maximum Gasteiger partial charge on any atom is 0.223 e. The smallest absolute Gasteiger partial charge is 0.223 e. The molecule has 0 aliphatic carbocycles. The highest BCUT2D eigenvalue weighted by atomic mass is 32.2. The summed E-state index contributed by atoms with van der Waals surface area (Å²) in [5, 5.41) is 9.76. The number of allylic oxidation sites excluding steroid dienone is 2. The van der Waals surface area contributed by atoms with Crippen molar-refractivity contribution in [3.8, 4) is 0 Å². The molecule has 1 aliphatic rings. The van der Waals surface area contributed by atoms with E-state index in [1.54, 1.807) is 11.8 Å². The summed E-state index contributed by atoms with van der Waals surface area (Å²) in [7, 11) is 0. The number of thioether (sulfide) groups is 1. The first-order valence-electron chi connectivity index (χ1n) is 7.04. The fraction of sp³-hybridized carbons (Fsp3) is 0.800. The molecule has 0 aromatic rings. The van der Waals surface area contributed by atoms with Gasteiger partial charge in [-0.25, -0.2) is 0 Å². The maximum absolute atomic E-state index is 12.1. The van der Waals surface area contributed by atoms with E-state index in [0.29, 0.717) is 13.0 Å². The third-order valence-corrected chi connectivity index (χ3v) is 4.43. The lowest BCUT2D eigenvalue weighted by atomic mass is 9.77. The SMILES string of the molecule is CSCCC(=O)N1CCCC(CO)(CC=C(C)C)C1. The molecule has 1 aliphatic heterocycles. The second-order valence-corrected chi connectivity index (χ2v) is 6.79. The molecule has 1 N–H and O–H groups in total. The van der Waals surface area contributed by atoms with Gasteiger partial charge in [0, 0.05) is 30.7 Å². The van der Waals surface area contributed by atoms with Crippen molar-refractivity contribution in [1.82, 2.24) is 4.90 Å². The fourth-order valence-corrected chi connectivity index (χ4v) is 2.93. The topological polar surface area (TPSA) is 40.5 Å². The largest absolute Gasteiger partial charge is 0.396 e. The number of piperidine rings is 1. The monoisotopic (exact) mass is 285 g/mol. The van der Waals surface area contributed by atoms with Crippen LogP contribution in [-0.4, -0.2) is 47.6 Å². The van der Waals surface area contributed by atoms with Gasteiger partial charge in [-0.05, 0) is 39.4 Å². The minimum absolute atomic E-state index is 0.120. The first kappa shape index (κ1) is 16.6. The van der Waals surface area contributed by atoms with Gasteiger partial charge in [0.05, 0.1) is 6.61 Å². The van der Waals surface area contributed by atoms with Crippen molar-refractivity contribution in [1.29, 1.82) is 0 Å². The van der Waals surface area contributed by atoms with E-state index in [0.717, 1.165) is 31.6 Å². The van der Waals surface area contributed by atoms with Crippen molar-refractivity contribution in [2.45, 2.75) is 39.5 Å². The van der Waals surface area contributed by atoms with Crippen molar-refractivity contribution in [3.63, 3.8) is 0 Å². The van der Waals surface area contributed by atoms with Crippen LogP contribution >= 0.6 is 11.8 Å². The third-order valence-electron chi connectivity index (χ3n) is 3.81. The molecule has 1 atom stereocenters. The molecule has 1 rings (SSSR count). The fourth-order valence-electron chi connectivity index (χ4n) is 2.55. The van der Waals surface area contributed by atoms with Crippen LogP contribution in [0.1, 0.15) is 39.5 Å². The summed E-state index contributed by atoms with van der Waals surface area (Å²) in [6.45, 7) is 5.89. The highest BCUT2D eigenvalue weighted by Gasteiger charge is 2.35. The van der Waals surface area contributed by atoms with Gasteiger partial charge in [0.1, 0.15) is 0 Å². The Bertz CT molecular complexity index is 326. The average molecular weight is 285 g/mol. The molecule has 1 amide bonds. The molecule has 0 aromatic carbocycles. The molecule has 1 heterocycles. The number of nitrogens with zero attached hydrogens (tertiary/aromatic N) is 1. The van der Waals surface area contributed by atoms with Gasteiger partial charge in [0.25, 0.3) is 0 Å². The van der Waals surface area contributed by atoms with Crippen molar-refractivity contribution in [2.75, 3.05) is 31.7 Å². The minimum Gasteiger partial charge on any atom is -0.396 e. The van der Waals surface area contributed by atoms with Crippen LogP contribution in [0.5, 0.6) is 0 Å². The van der Waals surface area contributed by atoms with Gasteiger partial charge < -0.3 is 10.0 Å². The van der Waals surface area contributed by atoms with E-state index >= 15 is 0 Å². The zero-order valence-corrected chi connectivity index (χ0v) is 13.3. The summed E-state index contributed by atoms with van der Waals surface area (Å²) in [6.07, 6.45) is 7.72. The normalized spacial score (nSPS) is 23.3. The number of hydrogen-bond donors (Lipinski definition) is 1. The molecule has 110 valence electrons. The van der Waals surface area contributed by atoms with Crippen LogP contribution in [0.4, 0.5) is 0 Å². The maximum atomic E-state index is 12.1. The summed E-state index contributed by atoms with van der Waals surface area (Å²) < 4.78 is 0. The number of hydrogen-bond acceptors (Lipinski definition) is 3. The first-order chi connectivity index (χ1) is 9.03. The minimum atomic E-state index is -0.120. The summed E-state index contributed by atoms with van der Waals surface area (Å²) >= 11 is 1.71. The summed E-state index contributed by atoms with van der Waals surface area (Å²) in [5.74, 6) is 1.12. The molecule has 0 spiro atoms. The zero-order valence-electron chi connectivity index (χ0n) is 12.4. The number of aliphatic hydroxyl groups is 1. The molecule has 3 nitrogen and oxygen atoms in total. The Balaban J connectivity index is 2.64. The Labute approximate surface area is 121 Å². The summed E-state index contributed by atoms with van der Waals surface area (Å²) in [4.78, 5) is 14.1. The molecule has 0 aromatic heterocycles. The molecule has 4 heteroatoms. The van der Waals surface area contributed by atoms with Crippen LogP contribution in [-0.2, 0) is 4.79 Å². The van der Waals surface area contributed by atoms with Crippen molar-refractivity contribution < 1.29 is 9.90 Å². The molecule has 19 heavy (non-hydrogen) atoms.